The molecular formula is C16H24N4OS. The molecule has 0 radical (unpaired) electrons. The van der Waals surface area contributed by atoms with Crippen molar-refractivity contribution in [3.63, 3.8) is 0 Å². The van der Waals surface area contributed by atoms with Crippen molar-refractivity contribution in [1.29, 1.82) is 0 Å². The van der Waals surface area contributed by atoms with Crippen molar-refractivity contribution in [1.82, 2.24) is 19.4 Å². The summed E-state index contributed by atoms with van der Waals surface area (Å²) < 4.78 is 1.80. The van der Waals surface area contributed by atoms with E-state index in [1.54, 1.807) is 22.2 Å². The van der Waals surface area contributed by atoms with Crippen molar-refractivity contribution in [3.05, 3.63) is 27.1 Å². The van der Waals surface area contributed by atoms with E-state index in [2.05, 4.69) is 42.7 Å². The van der Waals surface area contributed by atoms with Crippen LogP contribution >= 0.6 is 11.3 Å². The number of piperazine rings is 1. The van der Waals surface area contributed by atoms with E-state index in [-0.39, 0.29) is 5.56 Å². The fourth-order valence-electron chi connectivity index (χ4n) is 3.27. The Labute approximate surface area is 135 Å². The minimum Gasteiger partial charge on any atom is -0.303 e. The first-order valence-corrected chi connectivity index (χ1v) is 8.69. The fraction of sp³-hybridized carbons (Fsp3) is 0.625. The van der Waals surface area contributed by atoms with Crippen LogP contribution in [0.4, 0.5) is 0 Å². The first-order valence-electron chi connectivity index (χ1n) is 7.87. The van der Waals surface area contributed by atoms with Gasteiger partial charge < -0.3 is 4.90 Å². The summed E-state index contributed by atoms with van der Waals surface area (Å²) in [6.07, 6.45) is 2.61. The summed E-state index contributed by atoms with van der Waals surface area (Å²) in [6, 6.07) is 0.362. The van der Waals surface area contributed by atoms with Gasteiger partial charge in [0.05, 0.1) is 11.7 Å². The summed E-state index contributed by atoms with van der Waals surface area (Å²) in [5.74, 6) is 0. The van der Waals surface area contributed by atoms with Crippen LogP contribution in [0.25, 0.3) is 10.2 Å². The quantitative estimate of drug-likeness (QED) is 0.861. The highest BCUT2D eigenvalue weighted by molar-refractivity contribution is 7.18. The molecular weight excluding hydrogens is 296 g/mol. The van der Waals surface area contributed by atoms with Crippen LogP contribution in [0, 0.1) is 6.92 Å². The maximum atomic E-state index is 12.9. The van der Waals surface area contributed by atoms with Crippen molar-refractivity contribution in [2.45, 2.75) is 32.9 Å². The van der Waals surface area contributed by atoms with Gasteiger partial charge in [0.15, 0.2) is 0 Å². The van der Waals surface area contributed by atoms with Gasteiger partial charge in [-0.3, -0.25) is 14.3 Å². The molecule has 120 valence electrons. The Hall–Kier alpha value is -1.24. The fourth-order valence-corrected chi connectivity index (χ4v) is 4.35. The van der Waals surface area contributed by atoms with Gasteiger partial charge in [0, 0.05) is 37.1 Å². The van der Waals surface area contributed by atoms with E-state index in [0.29, 0.717) is 12.6 Å². The molecule has 6 heteroatoms. The number of aromatic nitrogens is 2. The first kappa shape index (κ1) is 15.6. The van der Waals surface area contributed by atoms with Crippen LogP contribution in [0.1, 0.15) is 17.4 Å². The molecule has 3 rings (SSSR count). The molecule has 1 atom stereocenters. The van der Waals surface area contributed by atoms with Crippen LogP contribution < -0.4 is 5.56 Å². The third kappa shape index (κ3) is 2.71. The number of hydrogen-bond acceptors (Lipinski definition) is 5. The summed E-state index contributed by atoms with van der Waals surface area (Å²) in [7, 11) is 4.28. The molecule has 0 amide bonds. The second-order valence-corrected chi connectivity index (χ2v) is 7.47. The van der Waals surface area contributed by atoms with Gasteiger partial charge in [0.2, 0.25) is 0 Å². The molecule has 2 aromatic heterocycles. The highest BCUT2D eigenvalue weighted by atomic mass is 32.1. The van der Waals surface area contributed by atoms with Gasteiger partial charge in [-0.15, -0.1) is 11.3 Å². The molecule has 5 nitrogen and oxygen atoms in total. The van der Waals surface area contributed by atoms with Crippen LogP contribution in [0.3, 0.4) is 0 Å². The van der Waals surface area contributed by atoms with Crippen LogP contribution in [0.15, 0.2) is 11.1 Å². The average Bonchev–Trinajstić information content (AvgIpc) is 2.82. The highest BCUT2D eigenvalue weighted by Gasteiger charge is 2.23. The third-order valence-corrected chi connectivity index (χ3v) is 5.78. The summed E-state index contributed by atoms with van der Waals surface area (Å²) in [5, 5.41) is 0.833. The molecule has 3 heterocycles. The molecule has 1 unspecified atom stereocenters. The monoisotopic (exact) mass is 320 g/mol. The highest BCUT2D eigenvalue weighted by Crippen LogP contribution is 2.26. The first-order chi connectivity index (χ1) is 10.5. The smallest absolute Gasteiger partial charge is 0.262 e. The standard InChI is InChI=1S/C16H24N4OS/c1-5-13-11(2)22-15-14(13)16(21)20(10-17-15)9-12-8-18(3)6-7-19(12)4/h10,12H,5-9H2,1-4H3. The van der Waals surface area contributed by atoms with E-state index >= 15 is 0 Å². The number of hydrogen-bond donors (Lipinski definition) is 0. The second kappa shape index (κ2) is 6.10. The summed E-state index contributed by atoms with van der Waals surface area (Å²) in [6.45, 7) is 8.02. The number of rotatable bonds is 3. The molecule has 1 fully saturated rings. The number of fused-ring (bicyclic) bond motifs is 1. The van der Waals surface area contributed by atoms with Crippen LogP contribution in [0.5, 0.6) is 0 Å². The minimum absolute atomic E-state index is 0.118. The van der Waals surface area contributed by atoms with Gasteiger partial charge in [-0.05, 0) is 33.0 Å². The van der Waals surface area contributed by atoms with E-state index in [9.17, 15) is 4.79 Å². The topological polar surface area (TPSA) is 41.4 Å². The lowest BCUT2D eigenvalue weighted by Gasteiger charge is -2.37. The van der Waals surface area contributed by atoms with Crippen molar-refractivity contribution < 1.29 is 0 Å². The molecule has 22 heavy (non-hydrogen) atoms. The molecule has 1 saturated heterocycles. The van der Waals surface area contributed by atoms with Crippen molar-refractivity contribution in [2.24, 2.45) is 0 Å². The Morgan fingerprint density at radius 2 is 2.14 bits per heavy atom. The van der Waals surface area contributed by atoms with Gasteiger partial charge in [0.25, 0.3) is 5.56 Å². The van der Waals surface area contributed by atoms with E-state index in [1.807, 2.05) is 0 Å². The zero-order valence-corrected chi connectivity index (χ0v) is 14.6. The summed E-state index contributed by atoms with van der Waals surface area (Å²) in [4.78, 5) is 24.2. The molecule has 0 spiro atoms. The minimum atomic E-state index is 0.118. The van der Waals surface area contributed by atoms with Gasteiger partial charge in [-0.25, -0.2) is 4.98 Å². The van der Waals surface area contributed by atoms with E-state index in [0.717, 1.165) is 36.3 Å². The Morgan fingerprint density at radius 3 is 2.86 bits per heavy atom. The summed E-state index contributed by atoms with van der Waals surface area (Å²) >= 11 is 1.63. The maximum absolute atomic E-state index is 12.9. The Bertz CT molecular complexity index is 736. The predicted octanol–water partition coefficient (Wildman–Crippen LogP) is 1.57. The molecule has 0 N–H and O–H groups in total. The predicted molar refractivity (Wildman–Crippen MR) is 91.9 cm³/mol. The lowest BCUT2D eigenvalue weighted by Crippen LogP contribution is -2.52. The molecule has 0 bridgehead atoms. The lowest BCUT2D eigenvalue weighted by atomic mass is 10.1. The van der Waals surface area contributed by atoms with Crippen molar-refractivity contribution >= 4 is 21.6 Å². The SMILES string of the molecule is CCc1c(C)sc2ncn(CC3CN(C)CCN3C)c(=O)c12. The number of thiophene rings is 1. The van der Waals surface area contributed by atoms with Gasteiger partial charge in [0.1, 0.15) is 4.83 Å². The normalized spacial score (nSPS) is 20.8. The zero-order valence-electron chi connectivity index (χ0n) is 13.8. The number of likely N-dealkylation sites (N-methyl/N-ethyl adjacent to an activating group) is 2. The Morgan fingerprint density at radius 1 is 1.36 bits per heavy atom. The third-order valence-electron chi connectivity index (χ3n) is 4.72. The Balaban J connectivity index is 1.97. The van der Waals surface area contributed by atoms with Gasteiger partial charge in [-0.2, -0.15) is 0 Å². The van der Waals surface area contributed by atoms with Crippen LogP contribution in [0.2, 0.25) is 0 Å². The molecule has 1 aliphatic rings. The van der Waals surface area contributed by atoms with Gasteiger partial charge >= 0.3 is 0 Å². The molecule has 2 aromatic rings. The molecule has 1 aliphatic heterocycles. The van der Waals surface area contributed by atoms with Crippen molar-refractivity contribution in [3.8, 4) is 0 Å². The van der Waals surface area contributed by atoms with Crippen LogP contribution in [-0.2, 0) is 13.0 Å². The molecule has 0 saturated carbocycles. The largest absolute Gasteiger partial charge is 0.303 e. The Kier molecular flexibility index (Phi) is 4.34. The molecule has 0 aromatic carbocycles. The maximum Gasteiger partial charge on any atom is 0.262 e. The number of aryl methyl sites for hydroxylation is 2. The van der Waals surface area contributed by atoms with Gasteiger partial charge in [-0.1, -0.05) is 6.92 Å². The van der Waals surface area contributed by atoms with E-state index < -0.39 is 0 Å². The van der Waals surface area contributed by atoms with E-state index in [4.69, 9.17) is 0 Å². The zero-order chi connectivity index (χ0) is 15.9. The number of nitrogens with zero attached hydrogens (tertiary/aromatic N) is 4. The second-order valence-electron chi connectivity index (χ2n) is 6.27. The van der Waals surface area contributed by atoms with Crippen molar-refractivity contribution in [2.75, 3.05) is 33.7 Å². The lowest BCUT2D eigenvalue weighted by molar-refractivity contribution is 0.102. The van der Waals surface area contributed by atoms with E-state index in [1.165, 1.54) is 10.4 Å². The average molecular weight is 320 g/mol. The summed E-state index contributed by atoms with van der Waals surface area (Å²) in [5.41, 5.74) is 1.29. The van der Waals surface area contributed by atoms with Crippen LogP contribution in [-0.4, -0.2) is 59.1 Å². The molecule has 0 aliphatic carbocycles.